The summed E-state index contributed by atoms with van der Waals surface area (Å²) >= 11 is 0. The topological polar surface area (TPSA) is 84.3 Å². The minimum Gasteiger partial charge on any atom is -0.356 e. The van der Waals surface area contributed by atoms with Gasteiger partial charge < -0.3 is 10.2 Å². The Morgan fingerprint density at radius 1 is 1.26 bits per heavy atom. The van der Waals surface area contributed by atoms with Crippen molar-refractivity contribution < 1.29 is 22.8 Å². The van der Waals surface area contributed by atoms with Crippen LogP contribution in [0.5, 0.6) is 0 Å². The van der Waals surface area contributed by atoms with Gasteiger partial charge in [-0.05, 0) is 44.9 Å². The number of nitrogens with one attached hydrogen (secondary N) is 1. The molecule has 2 amide bonds. The summed E-state index contributed by atoms with van der Waals surface area (Å²) in [7, 11) is 0. The summed E-state index contributed by atoms with van der Waals surface area (Å²) in [5.41, 5.74) is -1.50. The number of aromatic nitrogens is 2. The van der Waals surface area contributed by atoms with Crippen molar-refractivity contribution >= 4 is 11.8 Å². The van der Waals surface area contributed by atoms with Crippen molar-refractivity contribution in [3.05, 3.63) is 57.5 Å². The van der Waals surface area contributed by atoms with Gasteiger partial charge in [-0.1, -0.05) is 6.07 Å². The van der Waals surface area contributed by atoms with Crippen LogP contribution >= 0.6 is 0 Å². The molecule has 2 heterocycles. The number of aryl methyl sites for hydroxylation is 1. The molecule has 0 saturated carbocycles. The number of piperidine rings is 1. The number of amides is 2. The highest BCUT2D eigenvalue weighted by atomic mass is 19.4. The molecule has 1 aliphatic heterocycles. The summed E-state index contributed by atoms with van der Waals surface area (Å²) < 4.78 is 40.4. The van der Waals surface area contributed by atoms with E-state index in [-0.39, 0.29) is 29.8 Å². The zero-order valence-corrected chi connectivity index (χ0v) is 17.2. The van der Waals surface area contributed by atoms with E-state index < -0.39 is 23.1 Å². The predicted molar refractivity (Wildman–Crippen MR) is 107 cm³/mol. The minimum absolute atomic E-state index is 0.0835. The first-order valence-corrected chi connectivity index (χ1v) is 9.97. The fourth-order valence-corrected chi connectivity index (χ4v) is 3.61. The molecule has 31 heavy (non-hydrogen) atoms. The first-order chi connectivity index (χ1) is 14.6. The van der Waals surface area contributed by atoms with E-state index in [2.05, 4.69) is 10.4 Å². The molecule has 2 aromatic rings. The molecular weight excluding hydrogens is 413 g/mol. The number of rotatable bonds is 4. The van der Waals surface area contributed by atoms with Gasteiger partial charge >= 0.3 is 6.18 Å². The Morgan fingerprint density at radius 3 is 2.68 bits per heavy atom. The van der Waals surface area contributed by atoms with E-state index in [9.17, 15) is 27.6 Å². The van der Waals surface area contributed by atoms with E-state index in [4.69, 9.17) is 0 Å². The standard InChI is InChI=1S/C21H23F3N4O3/c1-3-25-19(30)14-6-5-9-27(12-14)20(31)18-17(29)10-13(2)28(26-18)16-8-4-7-15(11-16)21(22,23)24/h4,7-8,10-11,14H,3,5-6,9,12H2,1-2H3,(H,25,30). The fraction of sp³-hybridized carbons (Fsp3) is 0.429. The quantitative estimate of drug-likeness (QED) is 0.799. The van der Waals surface area contributed by atoms with Crippen LogP contribution in [0.4, 0.5) is 13.2 Å². The fourth-order valence-electron chi connectivity index (χ4n) is 3.61. The average Bonchev–Trinajstić information content (AvgIpc) is 2.73. The van der Waals surface area contributed by atoms with Crippen molar-refractivity contribution in [1.82, 2.24) is 20.0 Å². The third-order valence-electron chi connectivity index (χ3n) is 5.16. The molecular formula is C21H23F3N4O3. The lowest BCUT2D eigenvalue weighted by Gasteiger charge is -2.31. The van der Waals surface area contributed by atoms with Gasteiger partial charge in [-0.25, -0.2) is 4.68 Å². The molecule has 1 fully saturated rings. The van der Waals surface area contributed by atoms with Gasteiger partial charge in [0.25, 0.3) is 5.91 Å². The van der Waals surface area contributed by atoms with Crippen molar-refractivity contribution in [2.24, 2.45) is 5.92 Å². The van der Waals surface area contributed by atoms with Crippen LogP contribution in [0, 0.1) is 12.8 Å². The lowest BCUT2D eigenvalue weighted by Crippen LogP contribution is -2.46. The van der Waals surface area contributed by atoms with Crippen LogP contribution in [0.2, 0.25) is 0 Å². The summed E-state index contributed by atoms with van der Waals surface area (Å²) in [6.07, 6.45) is -3.31. The third-order valence-corrected chi connectivity index (χ3v) is 5.16. The number of halogens is 3. The lowest BCUT2D eigenvalue weighted by atomic mass is 9.97. The molecule has 0 aliphatic carbocycles. The van der Waals surface area contributed by atoms with Gasteiger partial charge in [0.05, 0.1) is 17.2 Å². The van der Waals surface area contributed by atoms with Crippen LogP contribution in [0.3, 0.4) is 0 Å². The lowest BCUT2D eigenvalue weighted by molar-refractivity contribution is -0.137. The molecule has 7 nitrogen and oxygen atoms in total. The second-order valence-electron chi connectivity index (χ2n) is 7.44. The van der Waals surface area contributed by atoms with Gasteiger partial charge in [0.15, 0.2) is 5.69 Å². The van der Waals surface area contributed by atoms with Crippen LogP contribution in [-0.2, 0) is 11.0 Å². The van der Waals surface area contributed by atoms with Crippen LogP contribution in [0.25, 0.3) is 5.69 Å². The van der Waals surface area contributed by atoms with Gasteiger partial charge in [-0.3, -0.25) is 14.4 Å². The van der Waals surface area contributed by atoms with Gasteiger partial charge in [0, 0.05) is 31.4 Å². The number of benzene rings is 1. The van der Waals surface area contributed by atoms with E-state index >= 15 is 0 Å². The maximum Gasteiger partial charge on any atom is 0.416 e. The third kappa shape index (κ3) is 4.95. The zero-order valence-electron chi connectivity index (χ0n) is 17.2. The molecule has 10 heteroatoms. The Labute approximate surface area is 176 Å². The predicted octanol–water partition coefficient (Wildman–Crippen LogP) is 2.55. The highest BCUT2D eigenvalue weighted by Crippen LogP contribution is 2.30. The largest absolute Gasteiger partial charge is 0.416 e. The summed E-state index contributed by atoms with van der Waals surface area (Å²) in [5.74, 6) is -1.17. The summed E-state index contributed by atoms with van der Waals surface area (Å²) in [6.45, 7) is 4.33. The first kappa shape index (κ1) is 22.5. The van der Waals surface area contributed by atoms with E-state index in [1.807, 2.05) is 0 Å². The van der Waals surface area contributed by atoms with Crippen molar-refractivity contribution in [3.8, 4) is 5.69 Å². The molecule has 1 atom stereocenters. The van der Waals surface area contributed by atoms with Crippen molar-refractivity contribution in [1.29, 1.82) is 0 Å². The molecule has 1 N–H and O–H groups in total. The number of hydrogen-bond donors (Lipinski definition) is 1. The number of carbonyl (C=O) groups excluding carboxylic acids is 2. The molecule has 3 rings (SSSR count). The maximum atomic E-state index is 13.1. The number of likely N-dealkylation sites (tertiary alicyclic amines) is 1. The average molecular weight is 436 g/mol. The molecule has 0 spiro atoms. The highest BCUT2D eigenvalue weighted by molar-refractivity contribution is 5.92. The first-order valence-electron chi connectivity index (χ1n) is 9.97. The van der Waals surface area contributed by atoms with E-state index in [0.717, 1.165) is 16.8 Å². The molecule has 0 radical (unpaired) electrons. The van der Waals surface area contributed by atoms with Gasteiger partial charge in [0.1, 0.15) is 0 Å². The Hall–Kier alpha value is -3.17. The zero-order chi connectivity index (χ0) is 22.8. The SMILES string of the molecule is CCNC(=O)C1CCCN(C(=O)c2nn(-c3cccc(C(F)(F)F)c3)c(C)cc2=O)C1. The Morgan fingerprint density at radius 2 is 2.00 bits per heavy atom. The highest BCUT2D eigenvalue weighted by Gasteiger charge is 2.32. The van der Waals surface area contributed by atoms with Crippen LogP contribution in [0.1, 0.15) is 41.5 Å². The second kappa shape index (κ2) is 8.91. The van der Waals surface area contributed by atoms with Gasteiger partial charge in [-0.2, -0.15) is 18.3 Å². The van der Waals surface area contributed by atoms with Crippen molar-refractivity contribution in [2.45, 2.75) is 32.9 Å². The molecule has 1 aromatic heterocycles. The van der Waals surface area contributed by atoms with E-state index in [1.165, 1.54) is 30.0 Å². The van der Waals surface area contributed by atoms with Crippen LogP contribution in [-0.4, -0.2) is 46.1 Å². The number of hydrogen-bond acceptors (Lipinski definition) is 4. The van der Waals surface area contributed by atoms with E-state index in [1.54, 1.807) is 6.92 Å². The molecule has 1 aromatic carbocycles. The van der Waals surface area contributed by atoms with Gasteiger partial charge in [0.2, 0.25) is 11.3 Å². The normalized spacial score (nSPS) is 16.8. The molecule has 166 valence electrons. The van der Waals surface area contributed by atoms with E-state index in [0.29, 0.717) is 31.6 Å². The maximum absolute atomic E-state index is 13.1. The Bertz CT molecular complexity index is 1050. The summed E-state index contributed by atoms with van der Waals surface area (Å²) in [6, 6.07) is 5.67. The van der Waals surface area contributed by atoms with Crippen molar-refractivity contribution in [2.75, 3.05) is 19.6 Å². The van der Waals surface area contributed by atoms with Crippen molar-refractivity contribution in [3.63, 3.8) is 0 Å². The molecule has 0 bridgehead atoms. The minimum atomic E-state index is -4.54. The summed E-state index contributed by atoms with van der Waals surface area (Å²) in [4.78, 5) is 39.0. The molecule has 1 unspecified atom stereocenters. The Kier molecular flexibility index (Phi) is 6.47. The number of carbonyl (C=O) groups is 2. The Balaban J connectivity index is 1.94. The number of alkyl halides is 3. The van der Waals surface area contributed by atoms with Crippen LogP contribution in [0.15, 0.2) is 35.1 Å². The monoisotopic (exact) mass is 436 g/mol. The number of nitrogens with zero attached hydrogens (tertiary/aromatic N) is 3. The summed E-state index contributed by atoms with van der Waals surface area (Å²) in [5, 5.41) is 6.82. The van der Waals surface area contributed by atoms with Gasteiger partial charge in [-0.15, -0.1) is 0 Å². The van der Waals surface area contributed by atoms with Crippen LogP contribution < -0.4 is 10.7 Å². The second-order valence-corrected chi connectivity index (χ2v) is 7.44. The molecule has 1 saturated heterocycles. The molecule has 1 aliphatic rings. The smallest absolute Gasteiger partial charge is 0.356 e.